The number of benzene rings is 1. The molecule has 1 aromatic carbocycles. The molecule has 0 aliphatic carbocycles. The van der Waals surface area contributed by atoms with Crippen molar-refractivity contribution >= 4 is 28.6 Å². The van der Waals surface area contributed by atoms with Gasteiger partial charge in [-0.1, -0.05) is 0 Å². The lowest BCUT2D eigenvalue weighted by Crippen LogP contribution is -2.61. The van der Waals surface area contributed by atoms with Gasteiger partial charge in [0.2, 0.25) is 0 Å². The maximum Gasteiger partial charge on any atom is 0.328 e. The molecule has 1 aliphatic rings. The zero-order valence-corrected chi connectivity index (χ0v) is 23.0. The van der Waals surface area contributed by atoms with Gasteiger partial charge in [0.05, 0.1) is 37.6 Å². The molecule has 3 aromatic heterocycles. The van der Waals surface area contributed by atoms with E-state index in [1.807, 2.05) is 31.4 Å². The molecule has 1 saturated heterocycles. The summed E-state index contributed by atoms with van der Waals surface area (Å²) in [5.41, 5.74) is 14.7. The number of imidazole rings is 1. The highest BCUT2D eigenvalue weighted by Crippen LogP contribution is 2.33. The third-order valence-corrected chi connectivity index (χ3v) is 6.85. The Hall–Kier alpha value is -4.32. The largest absolute Gasteiger partial charge is 0.494 e. The molecule has 1 aliphatic heterocycles. The number of nitrogens with zero attached hydrogens (tertiary/aromatic N) is 6. The fraction of sp³-hybridized carbons (Fsp3) is 0.393. The number of carbonyl (C=O) groups is 1. The Morgan fingerprint density at radius 2 is 1.98 bits per heavy atom. The molecule has 1 atom stereocenters. The predicted molar refractivity (Wildman–Crippen MR) is 149 cm³/mol. The molecule has 0 saturated carbocycles. The number of pyridine rings is 1. The third kappa shape index (κ3) is 5.39. The van der Waals surface area contributed by atoms with E-state index in [4.69, 9.17) is 20.9 Å². The predicted octanol–water partition coefficient (Wildman–Crippen LogP) is 3.31. The van der Waals surface area contributed by atoms with Gasteiger partial charge >= 0.3 is 5.97 Å². The number of halogens is 1. The van der Waals surface area contributed by atoms with Crippen LogP contribution in [0.3, 0.4) is 0 Å². The van der Waals surface area contributed by atoms with Gasteiger partial charge < -0.3 is 30.4 Å². The highest BCUT2D eigenvalue weighted by molar-refractivity contribution is 5.83. The summed E-state index contributed by atoms with van der Waals surface area (Å²) in [6, 6.07) is 6.60. The van der Waals surface area contributed by atoms with Gasteiger partial charge in [0.25, 0.3) is 0 Å². The Labute approximate surface area is 231 Å². The van der Waals surface area contributed by atoms with Crippen LogP contribution in [0.15, 0.2) is 43.1 Å². The first-order chi connectivity index (χ1) is 19.0. The SMILES string of the molecule is COc1ccc(-c2cc(Cn3cnc4c(N)ncnc43)c(N3CCC[C@](N)(C(=O)OC(C)(C)C)C3)cn2)cc1F. The van der Waals surface area contributed by atoms with Crippen molar-refractivity contribution in [1.29, 1.82) is 0 Å². The van der Waals surface area contributed by atoms with E-state index in [0.717, 1.165) is 11.3 Å². The molecule has 210 valence electrons. The third-order valence-electron chi connectivity index (χ3n) is 6.85. The number of nitrogens with two attached hydrogens (primary N) is 2. The summed E-state index contributed by atoms with van der Waals surface area (Å²) in [4.78, 5) is 32.6. The van der Waals surface area contributed by atoms with Gasteiger partial charge in [0, 0.05) is 18.7 Å². The molecule has 4 aromatic rings. The molecule has 0 bridgehead atoms. The number of carbonyl (C=O) groups excluding carboxylic acids is 1. The van der Waals surface area contributed by atoms with E-state index in [0.29, 0.717) is 48.4 Å². The monoisotopic (exact) mass is 548 g/mol. The van der Waals surface area contributed by atoms with E-state index in [1.165, 1.54) is 19.5 Å². The van der Waals surface area contributed by atoms with E-state index in [-0.39, 0.29) is 18.1 Å². The molecule has 5 rings (SSSR count). The first-order valence-electron chi connectivity index (χ1n) is 13.0. The Bertz CT molecular complexity index is 1570. The van der Waals surface area contributed by atoms with Crippen LogP contribution in [-0.2, 0) is 16.1 Å². The Morgan fingerprint density at radius 3 is 2.70 bits per heavy atom. The number of nitrogen functional groups attached to an aromatic ring is 1. The van der Waals surface area contributed by atoms with Crippen molar-refractivity contribution in [2.24, 2.45) is 5.73 Å². The van der Waals surface area contributed by atoms with Crippen molar-refractivity contribution in [2.45, 2.75) is 51.3 Å². The minimum Gasteiger partial charge on any atom is -0.494 e. The van der Waals surface area contributed by atoms with E-state index in [9.17, 15) is 9.18 Å². The van der Waals surface area contributed by atoms with E-state index in [1.54, 1.807) is 24.7 Å². The van der Waals surface area contributed by atoms with Crippen molar-refractivity contribution < 1.29 is 18.7 Å². The molecule has 1 fully saturated rings. The standard InChI is InChI=1S/C28H33FN8O3/c1-27(2,3)40-26(38)28(31)8-5-9-36(14-28)21-12-32-20(17-6-7-22(39-4)19(29)10-17)11-18(21)13-37-16-35-23-24(30)33-15-34-25(23)37/h6-7,10-12,15-16H,5,8-9,13-14,31H2,1-4H3,(H2,30,33,34)/t28-/m1/s1. The van der Waals surface area contributed by atoms with Crippen LogP contribution in [0, 0.1) is 5.82 Å². The summed E-state index contributed by atoms with van der Waals surface area (Å²) in [6.45, 7) is 6.76. The Morgan fingerprint density at radius 1 is 1.18 bits per heavy atom. The summed E-state index contributed by atoms with van der Waals surface area (Å²) in [5, 5.41) is 0. The molecule has 0 spiro atoms. The van der Waals surface area contributed by atoms with Crippen LogP contribution in [0.4, 0.5) is 15.9 Å². The van der Waals surface area contributed by atoms with E-state index in [2.05, 4.69) is 24.8 Å². The highest BCUT2D eigenvalue weighted by atomic mass is 19.1. The molecular formula is C28H33FN8O3. The average molecular weight is 549 g/mol. The van der Waals surface area contributed by atoms with Crippen LogP contribution in [0.25, 0.3) is 22.4 Å². The van der Waals surface area contributed by atoms with Crippen LogP contribution >= 0.6 is 0 Å². The summed E-state index contributed by atoms with van der Waals surface area (Å²) in [5.74, 6) is -0.481. The molecule has 4 heterocycles. The lowest BCUT2D eigenvalue weighted by atomic mass is 9.89. The smallest absolute Gasteiger partial charge is 0.328 e. The minimum atomic E-state index is -1.18. The van der Waals surface area contributed by atoms with Gasteiger partial charge in [-0.2, -0.15) is 0 Å². The Kier molecular flexibility index (Phi) is 7.05. The molecular weight excluding hydrogens is 515 g/mol. The van der Waals surface area contributed by atoms with Gasteiger partial charge in [-0.15, -0.1) is 0 Å². The van der Waals surface area contributed by atoms with Gasteiger partial charge in [0.15, 0.2) is 23.0 Å². The van der Waals surface area contributed by atoms with Crippen LogP contribution in [0.5, 0.6) is 5.75 Å². The number of ether oxygens (including phenoxy) is 2. The van der Waals surface area contributed by atoms with Crippen LogP contribution in [-0.4, -0.2) is 61.8 Å². The number of rotatable bonds is 6. The number of esters is 1. The van der Waals surface area contributed by atoms with Gasteiger partial charge in [-0.25, -0.2) is 24.1 Å². The summed E-state index contributed by atoms with van der Waals surface area (Å²) in [6.07, 6.45) is 5.97. The molecule has 0 unspecified atom stereocenters. The number of methoxy groups -OCH3 is 1. The van der Waals surface area contributed by atoms with Crippen LogP contribution in [0.2, 0.25) is 0 Å². The number of anilines is 2. The second kappa shape index (κ2) is 10.3. The zero-order chi connectivity index (χ0) is 28.7. The van der Waals surface area contributed by atoms with Gasteiger partial charge in [-0.3, -0.25) is 4.98 Å². The Balaban J connectivity index is 1.55. The molecule has 0 radical (unpaired) electrons. The quantitative estimate of drug-likeness (QED) is 0.344. The second-order valence-corrected chi connectivity index (χ2v) is 11.0. The van der Waals surface area contributed by atoms with Crippen molar-refractivity contribution in [2.75, 3.05) is 30.8 Å². The number of piperidine rings is 1. The number of hydrogen-bond acceptors (Lipinski definition) is 10. The topological polar surface area (TPSA) is 147 Å². The van der Waals surface area contributed by atoms with Crippen molar-refractivity contribution in [3.05, 3.63) is 54.5 Å². The lowest BCUT2D eigenvalue weighted by molar-refractivity contribution is -0.162. The van der Waals surface area contributed by atoms with Crippen molar-refractivity contribution in [1.82, 2.24) is 24.5 Å². The summed E-state index contributed by atoms with van der Waals surface area (Å²) >= 11 is 0. The summed E-state index contributed by atoms with van der Waals surface area (Å²) in [7, 11) is 1.42. The highest BCUT2D eigenvalue weighted by Gasteiger charge is 2.42. The second-order valence-electron chi connectivity index (χ2n) is 11.0. The number of hydrogen-bond donors (Lipinski definition) is 2. The number of aromatic nitrogens is 5. The summed E-state index contributed by atoms with van der Waals surface area (Å²) < 4.78 is 27.1. The van der Waals surface area contributed by atoms with Crippen LogP contribution < -0.4 is 21.1 Å². The van der Waals surface area contributed by atoms with Crippen LogP contribution in [0.1, 0.15) is 39.2 Å². The first-order valence-corrected chi connectivity index (χ1v) is 13.0. The molecule has 4 N–H and O–H groups in total. The fourth-order valence-corrected chi connectivity index (χ4v) is 4.92. The average Bonchev–Trinajstić information content (AvgIpc) is 3.31. The van der Waals surface area contributed by atoms with E-state index >= 15 is 0 Å². The molecule has 0 amide bonds. The maximum atomic E-state index is 14.5. The maximum absolute atomic E-state index is 14.5. The zero-order valence-electron chi connectivity index (χ0n) is 23.0. The molecule has 12 heteroatoms. The van der Waals surface area contributed by atoms with Crippen molar-refractivity contribution in [3.8, 4) is 17.0 Å². The fourth-order valence-electron chi connectivity index (χ4n) is 4.92. The van der Waals surface area contributed by atoms with Gasteiger partial charge in [-0.05, 0) is 63.4 Å². The van der Waals surface area contributed by atoms with Crippen molar-refractivity contribution in [3.63, 3.8) is 0 Å². The minimum absolute atomic E-state index is 0.150. The lowest BCUT2D eigenvalue weighted by Gasteiger charge is -2.41. The first kappa shape index (κ1) is 27.3. The van der Waals surface area contributed by atoms with Gasteiger partial charge in [0.1, 0.15) is 23.0 Å². The van der Waals surface area contributed by atoms with E-state index < -0.39 is 22.9 Å². The molecule has 11 nitrogen and oxygen atoms in total. The number of fused-ring (bicyclic) bond motifs is 1. The normalized spacial score (nSPS) is 17.7. The molecule has 40 heavy (non-hydrogen) atoms.